The molecule has 1 heterocycles. The lowest BCUT2D eigenvalue weighted by Crippen LogP contribution is -2.47. The normalized spacial score (nSPS) is 13.6. The molecular weight excluding hydrogens is 262 g/mol. The van der Waals surface area contributed by atoms with Crippen LogP contribution in [0.4, 0.5) is 4.79 Å². The average molecular weight is 283 g/mol. The second-order valence-corrected chi connectivity index (χ2v) is 4.76. The number of nitrogens with one attached hydrogen (secondary N) is 1. The molecule has 1 rings (SSSR count). The molecule has 0 fully saturated rings. The van der Waals surface area contributed by atoms with Gasteiger partial charge in [-0.25, -0.2) is 9.78 Å². The molecule has 0 aromatic carbocycles. The van der Waals surface area contributed by atoms with E-state index in [1.54, 1.807) is 20.0 Å². The number of oxazole rings is 1. The van der Waals surface area contributed by atoms with Crippen molar-refractivity contribution in [1.29, 1.82) is 0 Å². The number of urea groups is 1. The molecule has 1 aromatic heterocycles. The molecule has 1 aromatic rings. The molecule has 2 atom stereocenters. The van der Waals surface area contributed by atoms with Gasteiger partial charge >= 0.3 is 12.0 Å². The molecule has 2 N–H and O–H groups in total. The van der Waals surface area contributed by atoms with Crippen molar-refractivity contribution < 1.29 is 19.1 Å². The molecule has 7 nitrogen and oxygen atoms in total. The molecule has 0 spiro atoms. The number of nitrogens with zero attached hydrogens (tertiary/aromatic N) is 2. The van der Waals surface area contributed by atoms with Crippen LogP contribution in [0.15, 0.2) is 10.6 Å². The molecule has 0 saturated heterocycles. The van der Waals surface area contributed by atoms with Gasteiger partial charge in [-0.1, -0.05) is 6.92 Å². The highest BCUT2D eigenvalue weighted by Crippen LogP contribution is 2.13. The monoisotopic (exact) mass is 283 g/mol. The first-order chi connectivity index (χ1) is 9.35. The smallest absolute Gasteiger partial charge is 0.323 e. The van der Waals surface area contributed by atoms with Crippen LogP contribution in [0.3, 0.4) is 0 Å². The highest BCUT2D eigenvalue weighted by atomic mass is 16.4. The van der Waals surface area contributed by atoms with Gasteiger partial charge in [0.25, 0.3) is 0 Å². The average Bonchev–Trinajstić information content (AvgIpc) is 2.81. The number of carboxylic acids is 1. The van der Waals surface area contributed by atoms with Crippen molar-refractivity contribution in [2.45, 2.75) is 46.2 Å². The second-order valence-electron chi connectivity index (χ2n) is 4.76. The maximum Gasteiger partial charge on any atom is 0.323 e. The van der Waals surface area contributed by atoms with E-state index in [4.69, 9.17) is 9.52 Å². The predicted octanol–water partition coefficient (Wildman–Crippen LogP) is 1.94. The van der Waals surface area contributed by atoms with Crippen molar-refractivity contribution in [3.63, 3.8) is 0 Å². The van der Waals surface area contributed by atoms with Crippen LogP contribution in [0.2, 0.25) is 0 Å². The number of aryl methyl sites for hydroxylation is 1. The van der Waals surface area contributed by atoms with E-state index >= 15 is 0 Å². The minimum atomic E-state index is -1.04. The number of amides is 2. The Bertz CT molecular complexity index is 472. The van der Waals surface area contributed by atoms with Gasteiger partial charge < -0.3 is 19.7 Å². The number of carboxylic acid groups (broad SMARTS) is 1. The van der Waals surface area contributed by atoms with Crippen molar-refractivity contribution in [2.75, 3.05) is 6.54 Å². The molecule has 0 aliphatic heterocycles. The van der Waals surface area contributed by atoms with Gasteiger partial charge in [-0.3, -0.25) is 4.79 Å². The van der Waals surface area contributed by atoms with Crippen molar-refractivity contribution in [3.8, 4) is 0 Å². The maximum atomic E-state index is 12.2. The van der Waals surface area contributed by atoms with Gasteiger partial charge in [0.2, 0.25) is 5.89 Å². The number of hydrogen-bond acceptors (Lipinski definition) is 4. The zero-order valence-electron chi connectivity index (χ0n) is 12.2. The van der Waals surface area contributed by atoms with E-state index in [1.807, 2.05) is 13.8 Å². The van der Waals surface area contributed by atoms with Gasteiger partial charge in [0, 0.05) is 6.04 Å². The lowest BCUT2D eigenvalue weighted by Gasteiger charge is -2.28. The van der Waals surface area contributed by atoms with E-state index in [-0.39, 0.29) is 12.6 Å². The Balaban J connectivity index is 2.72. The summed E-state index contributed by atoms with van der Waals surface area (Å²) in [4.78, 5) is 28.3. The Morgan fingerprint density at radius 3 is 2.60 bits per heavy atom. The van der Waals surface area contributed by atoms with Crippen LogP contribution in [-0.4, -0.2) is 39.6 Å². The van der Waals surface area contributed by atoms with Crippen LogP contribution < -0.4 is 5.32 Å². The first-order valence-corrected chi connectivity index (χ1v) is 6.56. The van der Waals surface area contributed by atoms with Gasteiger partial charge in [-0.05, 0) is 27.2 Å². The Labute approximate surface area is 118 Å². The lowest BCUT2D eigenvalue weighted by atomic mass is 10.2. The molecule has 0 bridgehead atoms. The summed E-state index contributed by atoms with van der Waals surface area (Å²) in [6, 6.07) is -1.02. The molecule has 7 heteroatoms. The molecule has 0 aliphatic carbocycles. The maximum absolute atomic E-state index is 12.2. The summed E-state index contributed by atoms with van der Waals surface area (Å²) in [6.45, 7) is 6.87. The van der Waals surface area contributed by atoms with Gasteiger partial charge in [-0.2, -0.15) is 0 Å². The summed E-state index contributed by atoms with van der Waals surface area (Å²) >= 11 is 0. The van der Waals surface area contributed by atoms with E-state index in [2.05, 4.69) is 10.3 Å². The summed E-state index contributed by atoms with van der Waals surface area (Å²) in [6.07, 6.45) is 2.24. The quantitative estimate of drug-likeness (QED) is 0.831. The van der Waals surface area contributed by atoms with Crippen LogP contribution in [-0.2, 0) is 4.79 Å². The lowest BCUT2D eigenvalue weighted by molar-refractivity contribution is -0.138. The van der Waals surface area contributed by atoms with Gasteiger partial charge in [0.05, 0.1) is 6.20 Å². The fourth-order valence-electron chi connectivity index (χ4n) is 1.70. The van der Waals surface area contributed by atoms with E-state index in [0.717, 1.165) is 0 Å². The van der Waals surface area contributed by atoms with Crippen molar-refractivity contribution >= 4 is 12.0 Å². The molecule has 20 heavy (non-hydrogen) atoms. The Kier molecular flexibility index (Phi) is 5.54. The van der Waals surface area contributed by atoms with Crippen molar-refractivity contribution in [3.05, 3.63) is 17.8 Å². The number of aromatic nitrogens is 1. The highest BCUT2D eigenvalue weighted by molar-refractivity contribution is 5.80. The standard InChI is InChI=1S/C13H21N3O4/c1-5-8(2)16(7-11(17)18)13(19)15-10(4)12-14-6-9(3)20-12/h6,8,10H,5,7H2,1-4H3,(H,15,19)(H,17,18). The molecule has 0 aliphatic rings. The Morgan fingerprint density at radius 1 is 1.50 bits per heavy atom. The zero-order chi connectivity index (χ0) is 15.3. The van der Waals surface area contributed by atoms with Crippen molar-refractivity contribution in [2.24, 2.45) is 0 Å². The first-order valence-electron chi connectivity index (χ1n) is 6.56. The van der Waals surface area contributed by atoms with Crippen LogP contribution in [0.1, 0.15) is 44.9 Å². The highest BCUT2D eigenvalue weighted by Gasteiger charge is 2.24. The second kappa shape index (κ2) is 6.93. The minimum absolute atomic E-state index is 0.162. The Morgan fingerprint density at radius 2 is 2.15 bits per heavy atom. The summed E-state index contributed by atoms with van der Waals surface area (Å²) in [5.41, 5.74) is 0. The topological polar surface area (TPSA) is 95.7 Å². The van der Waals surface area contributed by atoms with Crippen LogP contribution in [0.5, 0.6) is 0 Å². The third-order valence-electron chi connectivity index (χ3n) is 3.04. The molecule has 2 unspecified atom stereocenters. The van der Waals surface area contributed by atoms with Crippen molar-refractivity contribution in [1.82, 2.24) is 15.2 Å². The van der Waals surface area contributed by atoms with E-state index in [9.17, 15) is 9.59 Å². The zero-order valence-corrected chi connectivity index (χ0v) is 12.2. The SMILES string of the molecule is CCC(C)N(CC(=O)O)C(=O)NC(C)c1ncc(C)o1. The van der Waals surface area contributed by atoms with Gasteiger partial charge in [0.15, 0.2) is 0 Å². The van der Waals surface area contributed by atoms with Crippen LogP contribution in [0, 0.1) is 6.92 Å². The van der Waals surface area contributed by atoms with Crippen LogP contribution in [0.25, 0.3) is 0 Å². The molecule has 2 amide bonds. The summed E-state index contributed by atoms with van der Waals surface area (Å²) < 4.78 is 5.33. The van der Waals surface area contributed by atoms with Crippen LogP contribution >= 0.6 is 0 Å². The fraction of sp³-hybridized carbons (Fsp3) is 0.615. The number of rotatable bonds is 6. The fourth-order valence-corrected chi connectivity index (χ4v) is 1.70. The predicted molar refractivity (Wildman–Crippen MR) is 72.3 cm³/mol. The van der Waals surface area contributed by atoms with Gasteiger partial charge in [0.1, 0.15) is 18.3 Å². The summed E-state index contributed by atoms with van der Waals surface area (Å²) in [5, 5.41) is 11.6. The molecular formula is C13H21N3O4. The van der Waals surface area contributed by atoms with E-state index in [0.29, 0.717) is 18.1 Å². The number of aliphatic carboxylic acids is 1. The van der Waals surface area contributed by atoms with E-state index < -0.39 is 18.0 Å². The number of carbonyl (C=O) groups excluding carboxylic acids is 1. The van der Waals surface area contributed by atoms with Gasteiger partial charge in [-0.15, -0.1) is 0 Å². The molecule has 112 valence electrons. The first kappa shape index (κ1) is 16.0. The summed E-state index contributed by atoms with van der Waals surface area (Å²) in [5.74, 6) is 0.0146. The number of hydrogen-bond donors (Lipinski definition) is 2. The molecule has 0 radical (unpaired) electrons. The third kappa shape index (κ3) is 4.25. The minimum Gasteiger partial charge on any atom is -0.480 e. The number of carbonyl (C=O) groups is 2. The van der Waals surface area contributed by atoms with E-state index in [1.165, 1.54) is 4.90 Å². The summed E-state index contributed by atoms with van der Waals surface area (Å²) in [7, 11) is 0. The Hall–Kier alpha value is -2.05. The molecule has 0 saturated carbocycles. The largest absolute Gasteiger partial charge is 0.480 e. The third-order valence-corrected chi connectivity index (χ3v) is 3.04.